The monoisotopic (exact) mass is 364 g/mol. The van der Waals surface area contributed by atoms with Gasteiger partial charge in [0.25, 0.3) is 5.91 Å². The predicted octanol–water partition coefficient (Wildman–Crippen LogP) is 3.26. The zero-order valence-electron chi connectivity index (χ0n) is 15.1. The first-order chi connectivity index (χ1) is 11.9. The van der Waals surface area contributed by atoms with Crippen LogP contribution in [0.3, 0.4) is 0 Å². The van der Waals surface area contributed by atoms with Gasteiger partial charge in [0.2, 0.25) is 10.0 Å². The molecular weight excluding hydrogens is 336 g/mol. The number of hydrogen-bond acceptors (Lipinski definition) is 3. The van der Waals surface area contributed by atoms with E-state index in [0.29, 0.717) is 12.1 Å². The van der Waals surface area contributed by atoms with Crippen molar-refractivity contribution in [1.82, 2.24) is 9.21 Å². The fourth-order valence-corrected chi connectivity index (χ4v) is 5.67. The quantitative estimate of drug-likeness (QED) is 0.827. The van der Waals surface area contributed by atoms with E-state index in [1.165, 1.54) is 0 Å². The van der Waals surface area contributed by atoms with Gasteiger partial charge in [-0.2, -0.15) is 4.31 Å². The van der Waals surface area contributed by atoms with Gasteiger partial charge in [-0.15, -0.1) is 0 Å². The van der Waals surface area contributed by atoms with Crippen molar-refractivity contribution in [1.29, 1.82) is 0 Å². The second kappa shape index (κ2) is 7.46. The van der Waals surface area contributed by atoms with Crippen LogP contribution >= 0.6 is 0 Å². The Morgan fingerprint density at radius 3 is 2.36 bits per heavy atom. The van der Waals surface area contributed by atoms with Crippen molar-refractivity contribution < 1.29 is 13.2 Å². The van der Waals surface area contributed by atoms with E-state index in [1.807, 2.05) is 11.8 Å². The number of carbonyl (C=O) groups is 1. The zero-order valence-corrected chi connectivity index (χ0v) is 16.0. The SMILES string of the molecule is CC1CCCCN1C(=O)c1cccc(S(=O)(=O)N2CCCCC2C)c1. The van der Waals surface area contributed by atoms with Gasteiger partial charge in [0.05, 0.1) is 4.90 Å². The first kappa shape index (κ1) is 18.4. The van der Waals surface area contributed by atoms with Crippen LogP contribution in [-0.2, 0) is 10.0 Å². The zero-order chi connectivity index (χ0) is 18.0. The van der Waals surface area contributed by atoms with Gasteiger partial charge in [0.15, 0.2) is 0 Å². The molecule has 0 bridgehead atoms. The third-order valence-electron chi connectivity index (χ3n) is 5.49. The van der Waals surface area contributed by atoms with Gasteiger partial charge >= 0.3 is 0 Å². The lowest BCUT2D eigenvalue weighted by Gasteiger charge is -2.34. The van der Waals surface area contributed by atoms with Crippen LogP contribution in [-0.4, -0.2) is 48.7 Å². The summed E-state index contributed by atoms with van der Waals surface area (Å²) in [5.41, 5.74) is 0.472. The third-order valence-corrected chi connectivity index (χ3v) is 7.50. The predicted molar refractivity (Wildman–Crippen MR) is 98.0 cm³/mol. The number of likely N-dealkylation sites (tertiary alicyclic amines) is 1. The van der Waals surface area contributed by atoms with Crippen molar-refractivity contribution in [2.75, 3.05) is 13.1 Å². The Labute approximate surface area is 151 Å². The van der Waals surface area contributed by atoms with Crippen LogP contribution in [0.5, 0.6) is 0 Å². The highest BCUT2D eigenvalue weighted by molar-refractivity contribution is 7.89. The molecule has 2 saturated heterocycles. The molecule has 6 heteroatoms. The van der Waals surface area contributed by atoms with E-state index in [1.54, 1.807) is 28.6 Å². The van der Waals surface area contributed by atoms with Crippen molar-refractivity contribution in [3.8, 4) is 0 Å². The lowest BCUT2D eigenvalue weighted by molar-refractivity contribution is 0.0635. The summed E-state index contributed by atoms with van der Waals surface area (Å²) < 4.78 is 27.6. The van der Waals surface area contributed by atoms with Crippen LogP contribution in [0, 0.1) is 0 Å². The number of piperidine rings is 2. The molecule has 1 aromatic carbocycles. The van der Waals surface area contributed by atoms with Crippen LogP contribution in [0.2, 0.25) is 0 Å². The number of sulfonamides is 1. The molecule has 2 fully saturated rings. The molecule has 3 rings (SSSR count). The van der Waals surface area contributed by atoms with Crippen molar-refractivity contribution >= 4 is 15.9 Å². The highest BCUT2D eigenvalue weighted by Crippen LogP contribution is 2.26. The van der Waals surface area contributed by atoms with E-state index in [9.17, 15) is 13.2 Å². The number of benzene rings is 1. The molecule has 0 saturated carbocycles. The Hall–Kier alpha value is -1.40. The lowest BCUT2D eigenvalue weighted by Crippen LogP contribution is -2.43. The Morgan fingerprint density at radius 2 is 1.68 bits per heavy atom. The normalized spacial score (nSPS) is 25.8. The molecule has 1 amide bonds. The van der Waals surface area contributed by atoms with Gasteiger partial charge < -0.3 is 4.90 Å². The molecule has 0 aliphatic carbocycles. The van der Waals surface area contributed by atoms with E-state index < -0.39 is 10.0 Å². The number of hydrogen-bond donors (Lipinski definition) is 0. The first-order valence-corrected chi connectivity index (χ1v) is 10.8. The number of carbonyl (C=O) groups excluding carboxylic acids is 1. The molecule has 0 spiro atoms. The summed E-state index contributed by atoms with van der Waals surface area (Å²) in [5, 5.41) is 0. The van der Waals surface area contributed by atoms with Crippen molar-refractivity contribution in [2.24, 2.45) is 0 Å². The number of rotatable bonds is 3. The molecule has 25 heavy (non-hydrogen) atoms. The summed E-state index contributed by atoms with van der Waals surface area (Å²) >= 11 is 0. The average molecular weight is 365 g/mol. The maximum atomic E-state index is 13.0. The summed E-state index contributed by atoms with van der Waals surface area (Å²) in [4.78, 5) is 15.0. The maximum absolute atomic E-state index is 13.0. The van der Waals surface area contributed by atoms with E-state index in [-0.39, 0.29) is 22.9 Å². The minimum absolute atomic E-state index is 0.0141. The molecule has 1 aromatic rings. The first-order valence-electron chi connectivity index (χ1n) is 9.34. The lowest BCUT2D eigenvalue weighted by atomic mass is 10.0. The molecule has 5 nitrogen and oxygen atoms in total. The van der Waals surface area contributed by atoms with Crippen molar-refractivity contribution in [3.05, 3.63) is 29.8 Å². The summed E-state index contributed by atoms with van der Waals surface area (Å²) in [5.74, 6) is -0.0593. The molecule has 0 aromatic heterocycles. The Bertz CT molecular complexity index is 732. The highest BCUT2D eigenvalue weighted by atomic mass is 32.2. The van der Waals surface area contributed by atoms with Crippen molar-refractivity contribution in [3.63, 3.8) is 0 Å². The van der Waals surface area contributed by atoms with Gasteiger partial charge in [-0.3, -0.25) is 4.79 Å². The molecule has 2 aliphatic heterocycles. The standard InChI is InChI=1S/C19H28N2O3S/c1-15-8-3-5-12-20(15)19(22)17-10-7-11-18(14-17)25(23,24)21-13-6-4-9-16(21)2/h7,10-11,14-16H,3-6,8-9,12-13H2,1-2H3. The second-order valence-corrected chi connectivity index (χ2v) is 9.22. The Morgan fingerprint density at radius 1 is 1.00 bits per heavy atom. The summed E-state index contributed by atoms with van der Waals surface area (Å²) in [6.45, 7) is 5.33. The fourth-order valence-electron chi connectivity index (χ4n) is 3.92. The van der Waals surface area contributed by atoms with Gasteiger partial charge in [-0.05, 0) is 64.2 Å². The fraction of sp³-hybridized carbons (Fsp3) is 0.632. The molecule has 2 aliphatic rings. The number of nitrogens with zero attached hydrogens (tertiary/aromatic N) is 2. The van der Waals surface area contributed by atoms with Gasteiger partial charge in [0.1, 0.15) is 0 Å². The van der Waals surface area contributed by atoms with E-state index in [4.69, 9.17) is 0 Å². The van der Waals surface area contributed by atoms with E-state index in [0.717, 1.165) is 45.1 Å². The molecule has 0 radical (unpaired) electrons. The average Bonchev–Trinajstić information content (AvgIpc) is 2.62. The van der Waals surface area contributed by atoms with E-state index >= 15 is 0 Å². The Balaban J connectivity index is 1.87. The summed E-state index contributed by atoms with van der Waals surface area (Å²) in [6.07, 6.45) is 6.02. The van der Waals surface area contributed by atoms with Crippen LogP contribution in [0.15, 0.2) is 29.2 Å². The molecular formula is C19H28N2O3S. The molecule has 2 atom stereocenters. The number of amides is 1. The largest absolute Gasteiger partial charge is 0.336 e. The smallest absolute Gasteiger partial charge is 0.254 e. The van der Waals surface area contributed by atoms with Gasteiger partial charge in [-0.25, -0.2) is 8.42 Å². The molecule has 2 heterocycles. The topological polar surface area (TPSA) is 57.7 Å². The minimum atomic E-state index is -3.55. The third kappa shape index (κ3) is 3.75. The van der Waals surface area contributed by atoms with Crippen LogP contribution in [0.4, 0.5) is 0 Å². The molecule has 0 N–H and O–H groups in total. The maximum Gasteiger partial charge on any atom is 0.254 e. The molecule has 138 valence electrons. The van der Waals surface area contributed by atoms with Crippen molar-refractivity contribution in [2.45, 2.75) is 69.4 Å². The van der Waals surface area contributed by atoms with E-state index in [2.05, 4.69) is 6.92 Å². The minimum Gasteiger partial charge on any atom is -0.336 e. The van der Waals surface area contributed by atoms with Crippen LogP contribution in [0.25, 0.3) is 0 Å². The summed E-state index contributed by atoms with van der Waals surface area (Å²) in [6, 6.07) is 6.79. The van der Waals surface area contributed by atoms with Crippen LogP contribution in [0.1, 0.15) is 62.7 Å². The van der Waals surface area contributed by atoms with Gasteiger partial charge in [-0.1, -0.05) is 12.5 Å². The van der Waals surface area contributed by atoms with Gasteiger partial charge in [0, 0.05) is 30.7 Å². The molecule has 2 unspecified atom stereocenters. The second-order valence-electron chi connectivity index (χ2n) is 7.33. The highest BCUT2D eigenvalue weighted by Gasteiger charge is 2.32. The Kier molecular flexibility index (Phi) is 5.49. The summed E-state index contributed by atoms with van der Waals surface area (Å²) in [7, 11) is -3.55. The van der Waals surface area contributed by atoms with Crippen LogP contribution < -0.4 is 0 Å².